The number of carbonyl (C=O) groups excluding carboxylic acids is 2. The monoisotopic (exact) mass is 197 g/mol. The van der Waals surface area contributed by atoms with E-state index in [1.165, 1.54) is 0 Å². The molecule has 1 radical (unpaired) electrons. The summed E-state index contributed by atoms with van der Waals surface area (Å²) in [5.74, 6) is 0.248. The highest BCUT2D eigenvalue weighted by Crippen LogP contribution is 2.04. The number of rotatable bonds is 2. The van der Waals surface area contributed by atoms with Crippen LogP contribution in [0.5, 0.6) is 0 Å². The molecule has 1 heterocycles. The van der Waals surface area contributed by atoms with Crippen LogP contribution >= 0.6 is 0 Å². The fraction of sp³-hybridized carbons (Fsp3) is 0.700. The van der Waals surface area contributed by atoms with Gasteiger partial charge in [-0.1, -0.05) is 6.92 Å². The second kappa shape index (κ2) is 4.98. The Hall–Kier alpha value is -1.06. The van der Waals surface area contributed by atoms with Crippen molar-refractivity contribution < 1.29 is 9.59 Å². The minimum absolute atomic E-state index is 0.0919. The van der Waals surface area contributed by atoms with E-state index >= 15 is 0 Å². The Morgan fingerprint density at radius 2 is 1.64 bits per heavy atom. The summed E-state index contributed by atoms with van der Waals surface area (Å²) >= 11 is 0. The zero-order valence-electron chi connectivity index (χ0n) is 8.66. The largest absolute Gasteiger partial charge is 0.339 e. The molecule has 1 rings (SSSR count). The van der Waals surface area contributed by atoms with Crippen LogP contribution in [0.2, 0.25) is 0 Å². The van der Waals surface area contributed by atoms with Gasteiger partial charge in [0.25, 0.3) is 0 Å². The van der Waals surface area contributed by atoms with Gasteiger partial charge in [0, 0.05) is 39.5 Å². The smallest absolute Gasteiger partial charge is 0.222 e. The molecule has 0 aliphatic carbocycles. The predicted octanol–water partition coefficient (Wildman–Crippen LogP) is 0.291. The Bertz CT molecular complexity index is 220. The van der Waals surface area contributed by atoms with Crippen molar-refractivity contribution in [2.75, 3.05) is 26.2 Å². The van der Waals surface area contributed by atoms with Gasteiger partial charge in [0.2, 0.25) is 11.8 Å². The van der Waals surface area contributed by atoms with Crippen LogP contribution in [0, 0.1) is 6.92 Å². The van der Waals surface area contributed by atoms with E-state index in [1.54, 1.807) is 11.8 Å². The topological polar surface area (TPSA) is 40.6 Å². The number of piperazine rings is 1. The first-order valence-electron chi connectivity index (χ1n) is 4.97. The summed E-state index contributed by atoms with van der Waals surface area (Å²) in [6, 6.07) is 0. The van der Waals surface area contributed by atoms with Crippen LogP contribution in [0.25, 0.3) is 0 Å². The van der Waals surface area contributed by atoms with E-state index in [9.17, 15) is 9.59 Å². The molecule has 0 atom stereocenters. The van der Waals surface area contributed by atoms with Crippen LogP contribution in [0.1, 0.15) is 19.8 Å². The molecule has 0 aromatic rings. The van der Waals surface area contributed by atoms with Crippen molar-refractivity contribution in [3.05, 3.63) is 6.92 Å². The Morgan fingerprint density at radius 1 is 1.14 bits per heavy atom. The summed E-state index contributed by atoms with van der Waals surface area (Å²) in [6.07, 6.45) is 1.16. The van der Waals surface area contributed by atoms with E-state index in [-0.39, 0.29) is 11.8 Å². The number of hydrogen-bond donors (Lipinski definition) is 0. The molecule has 2 amide bonds. The van der Waals surface area contributed by atoms with Crippen molar-refractivity contribution in [3.63, 3.8) is 0 Å². The van der Waals surface area contributed by atoms with Crippen molar-refractivity contribution in [1.82, 2.24) is 9.80 Å². The number of nitrogens with zero attached hydrogens (tertiary/aromatic N) is 2. The minimum atomic E-state index is 0.0919. The van der Waals surface area contributed by atoms with Gasteiger partial charge in [-0.05, 0) is 6.42 Å². The van der Waals surface area contributed by atoms with Gasteiger partial charge in [0.15, 0.2) is 0 Å². The number of amides is 2. The molecule has 1 aliphatic heterocycles. The molecule has 4 nitrogen and oxygen atoms in total. The van der Waals surface area contributed by atoms with Crippen molar-refractivity contribution in [2.24, 2.45) is 0 Å². The van der Waals surface area contributed by atoms with E-state index < -0.39 is 0 Å². The highest BCUT2D eigenvalue weighted by atomic mass is 16.2. The minimum Gasteiger partial charge on any atom is -0.339 e. The Kier molecular flexibility index (Phi) is 3.92. The fourth-order valence-electron chi connectivity index (χ4n) is 1.58. The molecular formula is C10H17N2O2. The molecule has 0 spiro atoms. The maximum Gasteiger partial charge on any atom is 0.222 e. The van der Waals surface area contributed by atoms with E-state index in [2.05, 4.69) is 6.92 Å². The van der Waals surface area contributed by atoms with Crippen LogP contribution < -0.4 is 0 Å². The predicted molar refractivity (Wildman–Crippen MR) is 53.4 cm³/mol. The first-order chi connectivity index (χ1) is 6.65. The second-order valence-corrected chi connectivity index (χ2v) is 3.49. The third-order valence-electron chi connectivity index (χ3n) is 2.47. The Morgan fingerprint density at radius 3 is 2.07 bits per heavy atom. The van der Waals surface area contributed by atoms with Gasteiger partial charge >= 0.3 is 0 Å². The van der Waals surface area contributed by atoms with Crippen LogP contribution in [0.15, 0.2) is 0 Å². The van der Waals surface area contributed by atoms with E-state index in [0.717, 1.165) is 0 Å². The van der Waals surface area contributed by atoms with Gasteiger partial charge in [-0.2, -0.15) is 0 Å². The van der Waals surface area contributed by atoms with Gasteiger partial charge in [-0.25, -0.2) is 0 Å². The second-order valence-electron chi connectivity index (χ2n) is 3.49. The highest BCUT2D eigenvalue weighted by Gasteiger charge is 2.21. The molecule has 0 N–H and O–H groups in total. The fourth-order valence-corrected chi connectivity index (χ4v) is 1.58. The first-order valence-corrected chi connectivity index (χ1v) is 4.97. The lowest BCUT2D eigenvalue weighted by atomic mass is 10.2. The van der Waals surface area contributed by atoms with E-state index in [0.29, 0.717) is 39.0 Å². The first kappa shape index (κ1) is 11.0. The van der Waals surface area contributed by atoms with Crippen molar-refractivity contribution in [3.8, 4) is 0 Å². The molecule has 1 saturated heterocycles. The van der Waals surface area contributed by atoms with Crippen LogP contribution in [0.4, 0.5) is 0 Å². The van der Waals surface area contributed by atoms with E-state index in [1.807, 2.05) is 4.90 Å². The molecule has 0 aromatic carbocycles. The molecular weight excluding hydrogens is 180 g/mol. The summed E-state index contributed by atoms with van der Waals surface area (Å²) in [5.41, 5.74) is 0. The lowest BCUT2D eigenvalue weighted by Gasteiger charge is -2.34. The molecule has 0 unspecified atom stereocenters. The summed E-state index contributed by atoms with van der Waals surface area (Å²) < 4.78 is 0. The van der Waals surface area contributed by atoms with Gasteiger partial charge < -0.3 is 9.80 Å². The van der Waals surface area contributed by atoms with Crippen LogP contribution in [0.3, 0.4) is 0 Å². The number of hydrogen-bond acceptors (Lipinski definition) is 2. The van der Waals surface area contributed by atoms with Gasteiger partial charge in [0.05, 0.1) is 0 Å². The average Bonchev–Trinajstić information content (AvgIpc) is 2.18. The standard InChI is InChI=1S/C10H17N2O2/c1-3-4-10(14)12-7-5-11(6-8-12)9(2)13/h1,3-8H2,2H3. The van der Waals surface area contributed by atoms with Gasteiger partial charge in [0.1, 0.15) is 0 Å². The molecule has 1 fully saturated rings. The van der Waals surface area contributed by atoms with Gasteiger partial charge in [-0.15, -0.1) is 0 Å². The maximum atomic E-state index is 11.5. The quantitative estimate of drug-likeness (QED) is 0.638. The SMILES string of the molecule is [CH2]CCC(=O)N1CCN(C(C)=O)CC1. The Balaban J connectivity index is 2.35. The van der Waals surface area contributed by atoms with Crippen LogP contribution in [-0.4, -0.2) is 47.8 Å². The normalized spacial score (nSPS) is 17.0. The van der Waals surface area contributed by atoms with Crippen molar-refractivity contribution >= 4 is 11.8 Å². The zero-order valence-corrected chi connectivity index (χ0v) is 8.66. The van der Waals surface area contributed by atoms with Crippen LogP contribution in [-0.2, 0) is 9.59 Å². The molecule has 1 aliphatic rings. The molecule has 0 saturated carbocycles. The third-order valence-corrected chi connectivity index (χ3v) is 2.47. The summed E-state index contributed by atoms with van der Waals surface area (Å²) in [7, 11) is 0. The van der Waals surface area contributed by atoms with Gasteiger partial charge in [-0.3, -0.25) is 9.59 Å². The number of carbonyl (C=O) groups is 2. The summed E-state index contributed by atoms with van der Waals surface area (Å²) in [6.45, 7) is 7.87. The summed E-state index contributed by atoms with van der Waals surface area (Å²) in [4.78, 5) is 26.1. The third kappa shape index (κ3) is 2.72. The molecule has 0 aromatic heterocycles. The van der Waals surface area contributed by atoms with E-state index in [4.69, 9.17) is 0 Å². The highest BCUT2D eigenvalue weighted by molar-refractivity contribution is 5.77. The molecule has 14 heavy (non-hydrogen) atoms. The lowest BCUT2D eigenvalue weighted by Crippen LogP contribution is -2.49. The van der Waals surface area contributed by atoms with Crippen molar-refractivity contribution in [2.45, 2.75) is 19.8 Å². The zero-order chi connectivity index (χ0) is 10.6. The lowest BCUT2D eigenvalue weighted by molar-refractivity contribution is -0.138. The molecule has 79 valence electrons. The summed E-state index contributed by atoms with van der Waals surface area (Å²) in [5, 5.41) is 0. The molecule has 0 bridgehead atoms. The van der Waals surface area contributed by atoms with Crippen molar-refractivity contribution in [1.29, 1.82) is 0 Å². The average molecular weight is 197 g/mol. The molecule has 4 heteroatoms. The Labute approximate surface area is 84.9 Å². The maximum absolute atomic E-state index is 11.5.